The number of ether oxygens (including phenoxy) is 1. The molecular formula is C21H20FNO4. The van der Waals surface area contributed by atoms with Crippen LogP contribution in [0.4, 0.5) is 4.39 Å². The lowest BCUT2D eigenvalue weighted by atomic mass is 9.95. The number of nitrogens with zero attached hydrogens (tertiary/aromatic N) is 1. The second-order valence-electron chi connectivity index (χ2n) is 6.27. The molecule has 1 heterocycles. The van der Waals surface area contributed by atoms with Crippen LogP contribution >= 0.6 is 0 Å². The standard InChI is InChI=1S/C21H20FNO4/c1-3-12-23-18(13-6-10-16(27-2)11-7-13)17(20(25)21(23)26)19(24)14-4-8-15(22)9-5-14/h4-11,18,24H,3,12H2,1-2H3/b19-17-. The molecule has 3 rings (SSSR count). The SMILES string of the molecule is CCCN1C(=O)C(=O)/C(=C(\O)c2ccc(F)cc2)C1c1ccc(OC)cc1. The predicted molar refractivity (Wildman–Crippen MR) is 98.7 cm³/mol. The molecule has 1 aliphatic heterocycles. The highest BCUT2D eigenvalue weighted by Crippen LogP contribution is 2.39. The first-order valence-electron chi connectivity index (χ1n) is 8.66. The zero-order chi connectivity index (χ0) is 19.6. The molecule has 0 radical (unpaired) electrons. The van der Waals surface area contributed by atoms with E-state index in [4.69, 9.17) is 4.74 Å². The number of methoxy groups -OCH3 is 1. The number of rotatable bonds is 5. The van der Waals surface area contributed by atoms with Crippen LogP contribution in [0.5, 0.6) is 5.75 Å². The highest BCUT2D eigenvalue weighted by molar-refractivity contribution is 6.46. The molecule has 27 heavy (non-hydrogen) atoms. The van der Waals surface area contributed by atoms with Crippen molar-refractivity contribution in [1.82, 2.24) is 4.90 Å². The molecular weight excluding hydrogens is 349 g/mol. The highest BCUT2D eigenvalue weighted by atomic mass is 19.1. The van der Waals surface area contributed by atoms with E-state index in [-0.39, 0.29) is 16.9 Å². The van der Waals surface area contributed by atoms with Gasteiger partial charge in [-0.25, -0.2) is 4.39 Å². The normalized spacial score (nSPS) is 18.8. The summed E-state index contributed by atoms with van der Waals surface area (Å²) in [4.78, 5) is 26.7. The summed E-state index contributed by atoms with van der Waals surface area (Å²) >= 11 is 0. The second kappa shape index (κ2) is 7.61. The number of aliphatic hydroxyl groups is 1. The number of hydrogen-bond donors (Lipinski definition) is 1. The molecule has 1 atom stereocenters. The van der Waals surface area contributed by atoms with E-state index < -0.39 is 23.5 Å². The summed E-state index contributed by atoms with van der Waals surface area (Å²) in [5.41, 5.74) is 0.974. The van der Waals surface area contributed by atoms with Gasteiger partial charge in [0, 0.05) is 12.1 Å². The maximum absolute atomic E-state index is 13.2. The molecule has 0 spiro atoms. The first-order valence-corrected chi connectivity index (χ1v) is 8.66. The number of halogens is 1. The molecule has 1 saturated heterocycles. The number of likely N-dealkylation sites (tertiary alicyclic amines) is 1. The van der Waals surface area contributed by atoms with Crippen molar-refractivity contribution in [3.05, 3.63) is 71.0 Å². The summed E-state index contributed by atoms with van der Waals surface area (Å²) in [5.74, 6) is -1.52. The molecule has 2 aromatic rings. The summed E-state index contributed by atoms with van der Waals surface area (Å²) < 4.78 is 18.4. The number of amides is 1. The Bertz CT molecular complexity index is 887. The van der Waals surface area contributed by atoms with Crippen molar-refractivity contribution in [3.8, 4) is 5.75 Å². The molecule has 5 nitrogen and oxygen atoms in total. The van der Waals surface area contributed by atoms with Gasteiger partial charge < -0.3 is 14.7 Å². The first-order chi connectivity index (χ1) is 13.0. The van der Waals surface area contributed by atoms with Crippen molar-refractivity contribution in [3.63, 3.8) is 0 Å². The fraction of sp³-hybridized carbons (Fsp3) is 0.238. The maximum Gasteiger partial charge on any atom is 0.295 e. The van der Waals surface area contributed by atoms with Crippen LogP contribution in [0.1, 0.15) is 30.5 Å². The van der Waals surface area contributed by atoms with Crippen LogP contribution in [0.2, 0.25) is 0 Å². The van der Waals surface area contributed by atoms with Gasteiger partial charge in [0.25, 0.3) is 11.7 Å². The highest BCUT2D eigenvalue weighted by Gasteiger charge is 2.45. The summed E-state index contributed by atoms with van der Waals surface area (Å²) in [6, 6.07) is 11.4. The van der Waals surface area contributed by atoms with Crippen LogP contribution in [-0.4, -0.2) is 35.4 Å². The molecule has 140 valence electrons. The van der Waals surface area contributed by atoms with Gasteiger partial charge in [0.05, 0.1) is 18.7 Å². The lowest BCUT2D eigenvalue weighted by Gasteiger charge is -2.25. The van der Waals surface area contributed by atoms with Gasteiger partial charge in [-0.1, -0.05) is 19.1 Å². The number of carbonyl (C=O) groups excluding carboxylic acids is 2. The Kier molecular flexibility index (Phi) is 5.26. The van der Waals surface area contributed by atoms with Crippen LogP contribution < -0.4 is 4.74 Å². The lowest BCUT2D eigenvalue weighted by Crippen LogP contribution is -2.30. The molecule has 0 aromatic heterocycles. The predicted octanol–water partition coefficient (Wildman–Crippen LogP) is 3.67. The van der Waals surface area contributed by atoms with Crippen molar-refractivity contribution in [1.29, 1.82) is 0 Å². The number of aliphatic hydroxyl groups excluding tert-OH is 1. The van der Waals surface area contributed by atoms with E-state index in [0.717, 1.165) is 0 Å². The van der Waals surface area contributed by atoms with E-state index in [1.807, 2.05) is 6.92 Å². The maximum atomic E-state index is 13.2. The van der Waals surface area contributed by atoms with Crippen LogP contribution in [0.25, 0.3) is 5.76 Å². The molecule has 0 bridgehead atoms. The van der Waals surface area contributed by atoms with Crippen molar-refractivity contribution in [2.75, 3.05) is 13.7 Å². The van der Waals surface area contributed by atoms with E-state index in [2.05, 4.69) is 0 Å². The summed E-state index contributed by atoms with van der Waals surface area (Å²) in [7, 11) is 1.55. The zero-order valence-electron chi connectivity index (χ0n) is 15.1. The average Bonchev–Trinajstić information content (AvgIpc) is 2.93. The minimum absolute atomic E-state index is 0.00484. The number of carbonyl (C=O) groups is 2. The quantitative estimate of drug-likeness (QED) is 0.496. The molecule has 1 unspecified atom stereocenters. The van der Waals surface area contributed by atoms with Gasteiger partial charge >= 0.3 is 0 Å². The fourth-order valence-electron chi connectivity index (χ4n) is 3.25. The molecule has 0 aliphatic carbocycles. The van der Waals surface area contributed by atoms with Gasteiger partial charge in [0.1, 0.15) is 17.3 Å². The van der Waals surface area contributed by atoms with E-state index in [1.54, 1.807) is 31.4 Å². The molecule has 1 N–H and O–H groups in total. The van der Waals surface area contributed by atoms with Gasteiger partial charge in [-0.15, -0.1) is 0 Å². The third kappa shape index (κ3) is 3.43. The number of benzene rings is 2. The van der Waals surface area contributed by atoms with Gasteiger partial charge in [-0.2, -0.15) is 0 Å². The number of ketones is 1. The van der Waals surface area contributed by atoms with Crippen LogP contribution in [0, 0.1) is 5.82 Å². The Balaban J connectivity index is 2.15. The van der Waals surface area contributed by atoms with Crippen molar-refractivity contribution in [2.24, 2.45) is 0 Å². The van der Waals surface area contributed by atoms with E-state index in [0.29, 0.717) is 24.3 Å². The van der Waals surface area contributed by atoms with E-state index >= 15 is 0 Å². The van der Waals surface area contributed by atoms with Crippen LogP contribution in [0.3, 0.4) is 0 Å². The zero-order valence-corrected chi connectivity index (χ0v) is 15.1. The van der Waals surface area contributed by atoms with Crippen LogP contribution in [0.15, 0.2) is 54.1 Å². The largest absolute Gasteiger partial charge is 0.507 e. The molecule has 0 saturated carbocycles. The molecule has 1 amide bonds. The van der Waals surface area contributed by atoms with Gasteiger partial charge in [0.2, 0.25) is 0 Å². The Morgan fingerprint density at radius 1 is 1.11 bits per heavy atom. The van der Waals surface area contributed by atoms with Crippen molar-refractivity contribution in [2.45, 2.75) is 19.4 Å². The van der Waals surface area contributed by atoms with Crippen molar-refractivity contribution < 1.29 is 23.8 Å². The smallest absolute Gasteiger partial charge is 0.295 e. The molecule has 2 aromatic carbocycles. The third-order valence-corrected chi connectivity index (χ3v) is 4.55. The Labute approximate surface area is 156 Å². The number of hydrogen-bond acceptors (Lipinski definition) is 4. The molecule has 1 fully saturated rings. The van der Waals surface area contributed by atoms with Gasteiger partial charge in [-0.3, -0.25) is 9.59 Å². The number of Topliss-reactive ketones (excluding diaryl/α,β-unsaturated/α-hetero) is 1. The first kappa shape index (κ1) is 18.6. The minimum Gasteiger partial charge on any atom is -0.507 e. The summed E-state index contributed by atoms with van der Waals surface area (Å²) in [6.07, 6.45) is 0.663. The Morgan fingerprint density at radius 3 is 2.30 bits per heavy atom. The minimum atomic E-state index is -0.744. The van der Waals surface area contributed by atoms with Crippen LogP contribution in [-0.2, 0) is 9.59 Å². The Hall–Kier alpha value is -3.15. The average molecular weight is 369 g/mol. The van der Waals surface area contributed by atoms with Gasteiger partial charge in [0.15, 0.2) is 0 Å². The third-order valence-electron chi connectivity index (χ3n) is 4.55. The Morgan fingerprint density at radius 2 is 1.74 bits per heavy atom. The van der Waals surface area contributed by atoms with Crippen molar-refractivity contribution >= 4 is 17.4 Å². The van der Waals surface area contributed by atoms with Gasteiger partial charge in [-0.05, 0) is 48.4 Å². The fourth-order valence-corrected chi connectivity index (χ4v) is 3.25. The lowest BCUT2D eigenvalue weighted by molar-refractivity contribution is -0.139. The van der Waals surface area contributed by atoms with E-state index in [9.17, 15) is 19.1 Å². The monoisotopic (exact) mass is 369 g/mol. The molecule has 6 heteroatoms. The topological polar surface area (TPSA) is 66.8 Å². The van der Waals surface area contributed by atoms with E-state index in [1.165, 1.54) is 29.2 Å². The summed E-state index contributed by atoms with van der Waals surface area (Å²) in [6.45, 7) is 2.28. The molecule has 1 aliphatic rings. The summed E-state index contributed by atoms with van der Waals surface area (Å²) in [5, 5.41) is 10.8. The second-order valence-corrected chi connectivity index (χ2v) is 6.27.